The second-order valence-corrected chi connectivity index (χ2v) is 7.28. The Morgan fingerprint density at radius 2 is 1.69 bits per heavy atom. The van der Waals surface area contributed by atoms with Crippen LogP contribution in [0.3, 0.4) is 0 Å². The van der Waals surface area contributed by atoms with Crippen molar-refractivity contribution in [2.24, 2.45) is 0 Å². The van der Waals surface area contributed by atoms with Crippen molar-refractivity contribution in [3.8, 4) is 5.69 Å². The normalized spacial score (nSPS) is 14.4. The lowest BCUT2D eigenvalue weighted by Gasteiger charge is -2.14. The third kappa shape index (κ3) is 3.63. The van der Waals surface area contributed by atoms with Crippen molar-refractivity contribution in [3.05, 3.63) is 66.6 Å². The zero-order chi connectivity index (χ0) is 19.6. The van der Waals surface area contributed by atoms with E-state index in [-0.39, 0.29) is 5.82 Å². The van der Waals surface area contributed by atoms with Gasteiger partial charge in [-0.3, -0.25) is 0 Å². The molecule has 2 aromatic heterocycles. The highest BCUT2D eigenvalue weighted by Crippen LogP contribution is 2.28. The van der Waals surface area contributed by atoms with Crippen LogP contribution in [0.15, 0.2) is 60.8 Å². The van der Waals surface area contributed by atoms with E-state index in [4.69, 9.17) is 9.97 Å². The topological polar surface area (TPSA) is 67.7 Å². The van der Waals surface area contributed by atoms with Crippen molar-refractivity contribution in [2.75, 3.05) is 10.6 Å². The molecule has 0 saturated heterocycles. The number of halogens is 1. The standard InChI is InChI=1S/C22H21FN6/c23-15-10-12-17(13-11-15)25-20-19-14-24-29(18-8-2-1-3-9-18)21(19)28-22(27-20)26-16-6-4-5-7-16/h1-3,8-14,16H,4-7H2,(H2,25,26,27,28). The number of hydrogen-bond donors (Lipinski definition) is 2. The minimum atomic E-state index is -0.274. The molecule has 0 radical (unpaired) electrons. The summed E-state index contributed by atoms with van der Waals surface area (Å²) in [6.07, 6.45) is 6.46. The Hall–Kier alpha value is -3.48. The molecular weight excluding hydrogens is 367 g/mol. The van der Waals surface area contributed by atoms with Crippen LogP contribution in [0.4, 0.5) is 21.8 Å². The maximum atomic E-state index is 13.3. The summed E-state index contributed by atoms with van der Waals surface area (Å²) in [5.41, 5.74) is 2.41. The van der Waals surface area contributed by atoms with Gasteiger partial charge in [-0.1, -0.05) is 31.0 Å². The molecule has 1 fully saturated rings. The van der Waals surface area contributed by atoms with Crippen LogP contribution < -0.4 is 10.6 Å². The molecule has 4 aromatic rings. The van der Waals surface area contributed by atoms with E-state index in [1.54, 1.807) is 18.3 Å². The van der Waals surface area contributed by atoms with Gasteiger partial charge in [0.15, 0.2) is 5.65 Å². The van der Waals surface area contributed by atoms with Crippen molar-refractivity contribution in [1.82, 2.24) is 19.7 Å². The predicted molar refractivity (Wildman–Crippen MR) is 112 cm³/mol. The number of nitrogens with zero attached hydrogens (tertiary/aromatic N) is 4. The summed E-state index contributed by atoms with van der Waals surface area (Å²) >= 11 is 0. The number of aromatic nitrogens is 4. The summed E-state index contributed by atoms with van der Waals surface area (Å²) in [5, 5.41) is 12.1. The smallest absolute Gasteiger partial charge is 0.226 e. The zero-order valence-electron chi connectivity index (χ0n) is 15.8. The van der Waals surface area contributed by atoms with Crippen molar-refractivity contribution in [1.29, 1.82) is 0 Å². The monoisotopic (exact) mass is 388 g/mol. The molecule has 6 nitrogen and oxygen atoms in total. The molecule has 7 heteroatoms. The fraction of sp³-hybridized carbons (Fsp3) is 0.227. The molecule has 146 valence electrons. The maximum absolute atomic E-state index is 13.3. The summed E-state index contributed by atoms with van der Waals surface area (Å²) in [4.78, 5) is 9.48. The van der Waals surface area contributed by atoms with E-state index >= 15 is 0 Å². The van der Waals surface area contributed by atoms with E-state index in [9.17, 15) is 4.39 Å². The number of rotatable bonds is 5. The Labute approximate surface area is 167 Å². The summed E-state index contributed by atoms with van der Waals surface area (Å²) < 4.78 is 15.1. The number of fused-ring (bicyclic) bond motifs is 1. The van der Waals surface area contributed by atoms with Gasteiger partial charge in [-0.25, -0.2) is 9.07 Å². The molecule has 2 heterocycles. The van der Waals surface area contributed by atoms with Crippen LogP contribution in [0.1, 0.15) is 25.7 Å². The molecule has 0 atom stereocenters. The fourth-order valence-electron chi connectivity index (χ4n) is 3.75. The largest absolute Gasteiger partial charge is 0.351 e. The second kappa shape index (κ2) is 7.50. The van der Waals surface area contributed by atoms with Gasteiger partial charge in [0.25, 0.3) is 0 Å². The third-order valence-electron chi connectivity index (χ3n) is 5.22. The quantitative estimate of drug-likeness (QED) is 0.501. The first kappa shape index (κ1) is 17.6. The molecule has 0 bridgehead atoms. The van der Waals surface area contributed by atoms with Crippen LogP contribution >= 0.6 is 0 Å². The molecule has 29 heavy (non-hydrogen) atoms. The number of anilines is 3. The highest BCUT2D eigenvalue weighted by atomic mass is 19.1. The molecule has 5 rings (SSSR count). The van der Waals surface area contributed by atoms with Crippen molar-refractivity contribution in [3.63, 3.8) is 0 Å². The fourth-order valence-corrected chi connectivity index (χ4v) is 3.75. The Balaban J connectivity index is 1.59. The van der Waals surface area contributed by atoms with Crippen LogP contribution in [0.5, 0.6) is 0 Å². The van der Waals surface area contributed by atoms with E-state index in [2.05, 4.69) is 15.7 Å². The lowest BCUT2D eigenvalue weighted by atomic mass is 10.2. The molecule has 2 aromatic carbocycles. The number of nitrogens with one attached hydrogen (secondary N) is 2. The van der Waals surface area contributed by atoms with Crippen LogP contribution in [0.2, 0.25) is 0 Å². The molecule has 1 saturated carbocycles. The lowest BCUT2D eigenvalue weighted by molar-refractivity contribution is 0.628. The Morgan fingerprint density at radius 1 is 0.931 bits per heavy atom. The van der Waals surface area contributed by atoms with Gasteiger partial charge in [-0.15, -0.1) is 0 Å². The Kier molecular flexibility index (Phi) is 4.56. The van der Waals surface area contributed by atoms with Gasteiger partial charge in [-0.05, 0) is 49.2 Å². The second-order valence-electron chi connectivity index (χ2n) is 7.28. The Morgan fingerprint density at radius 3 is 2.45 bits per heavy atom. The molecule has 0 spiro atoms. The van der Waals surface area contributed by atoms with Crippen molar-refractivity contribution in [2.45, 2.75) is 31.7 Å². The number of hydrogen-bond acceptors (Lipinski definition) is 5. The SMILES string of the molecule is Fc1ccc(Nc2nc(NC3CCCC3)nc3c2cnn3-c2ccccc2)cc1. The van der Waals surface area contributed by atoms with Crippen LogP contribution in [-0.2, 0) is 0 Å². The highest BCUT2D eigenvalue weighted by molar-refractivity contribution is 5.90. The van der Waals surface area contributed by atoms with Gasteiger partial charge in [0.2, 0.25) is 5.95 Å². The minimum absolute atomic E-state index is 0.274. The van der Waals surface area contributed by atoms with Crippen molar-refractivity contribution >= 4 is 28.5 Å². The summed E-state index contributed by atoms with van der Waals surface area (Å²) in [5.74, 6) is 0.944. The molecule has 0 unspecified atom stereocenters. The molecular formula is C22H21FN6. The predicted octanol–water partition coefficient (Wildman–Crippen LogP) is 5.05. The average Bonchev–Trinajstić information content (AvgIpc) is 3.40. The molecule has 0 aliphatic heterocycles. The number of para-hydroxylation sites is 1. The number of benzene rings is 2. The molecule has 1 aliphatic rings. The summed E-state index contributed by atoms with van der Waals surface area (Å²) in [6.45, 7) is 0. The summed E-state index contributed by atoms with van der Waals surface area (Å²) in [7, 11) is 0. The first-order valence-corrected chi connectivity index (χ1v) is 9.86. The highest BCUT2D eigenvalue weighted by Gasteiger charge is 2.19. The van der Waals surface area contributed by atoms with Crippen LogP contribution in [0.25, 0.3) is 16.7 Å². The third-order valence-corrected chi connectivity index (χ3v) is 5.22. The molecule has 1 aliphatic carbocycles. The zero-order valence-corrected chi connectivity index (χ0v) is 15.8. The van der Waals surface area contributed by atoms with Gasteiger partial charge >= 0.3 is 0 Å². The Bertz CT molecular complexity index is 1120. The van der Waals surface area contributed by atoms with Crippen LogP contribution in [-0.4, -0.2) is 25.8 Å². The lowest BCUT2D eigenvalue weighted by Crippen LogP contribution is -2.17. The minimum Gasteiger partial charge on any atom is -0.351 e. The van der Waals surface area contributed by atoms with Gasteiger partial charge < -0.3 is 10.6 Å². The molecule has 0 amide bonds. The van der Waals surface area contributed by atoms with Gasteiger partial charge in [0.05, 0.1) is 17.3 Å². The maximum Gasteiger partial charge on any atom is 0.226 e. The van der Waals surface area contributed by atoms with E-state index in [0.717, 1.165) is 35.2 Å². The first-order valence-electron chi connectivity index (χ1n) is 9.86. The van der Waals surface area contributed by atoms with E-state index in [1.165, 1.54) is 25.0 Å². The van der Waals surface area contributed by atoms with E-state index in [1.807, 2.05) is 35.0 Å². The van der Waals surface area contributed by atoms with Gasteiger partial charge in [0, 0.05) is 11.7 Å². The van der Waals surface area contributed by atoms with E-state index < -0.39 is 0 Å². The average molecular weight is 388 g/mol. The van der Waals surface area contributed by atoms with E-state index in [0.29, 0.717) is 17.8 Å². The summed E-state index contributed by atoms with van der Waals surface area (Å²) in [6, 6.07) is 16.5. The van der Waals surface area contributed by atoms with Crippen molar-refractivity contribution < 1.29 is 4.39 Å². The van der Waals surface area contributed by atoms with Gasteiger partial charge in [0.1, 0.15) is 11.6 Å². The van der Waals surface area contributed by atoms with Crippen LogP contribution in [0, 0.1) is 5.82 Å². The molecule has 2 N–H and O–H groups in total. The van der Waals surface area contributed by atoms with Gasteiger partial charge in [-0.2, -0.15) is 15.1 Å². The first-order chi connectivity index (χ1) is 14.3.